The molecule has 1 amide bonds. The molecule has 2 N–H and O–H groups in total. The second-order valence-electron chi connectivity index (χ2n) is 9.23. The average molecular weight is 421 g/mol. The highest BCUT2D eigenvalue weighted by Gasteiger charge is 2.46. The van der Waals surface area contributed by atoms with Gasteiger partial charge in [-0.05, 0) is 60.2 Å². The highest BCUT2D eigenvalue weighted by atomic mass is 16.5. The Morgan fingerprint density at radius 2 is 1.90 bits per heavy atom. The lowest BCUT2D eigenvalue weighted by atomic mass is 9.81. The van der Waals surface area contributed by atoms with Crippen molar-refractivity contribution in [1.82, 2.24) is 4.90 Å². The maximum Gasteiger partial charge on any atom is 0.226 e. The van der Waals surface area contributed by atoms with Gasteiger partial charge in [0.05, 0.1) is 25.8 Å². The largest absolute Gasteiger partial charge is 0.497 e. The number of aliphatic hydroxyl groups excluding tert-OH is 1. The number of fused-ring (bicyclic) bond motifs is 3. The van der Waals surface area contributed by atoms with Crippen LogP contribution in [0.5, 0.6) is 5.75 Å². The molecule has 164 valence electrons. The van der Waals surface area contributed by atoms with E-state index < -0.39 is 0 Å². The number of amides is 1. The molecule has 0 bridgehead atoms. The first-order valence-electron chi connectivity index (χ1n) is 11.7. The summed E-state index contributed by atoms with van der Waals surface area (Å²) in [5, 5.41) is 13.6. The molecule has 2 aliphatic heterocycles. The minimum absolute atomic E-state index is 0.00988. The fourth-order valence-corrected chi connectivity index (χ4v) is 5.88. The number of carbonyl (C=O) groups is 1. The molecule has 5 nitrogen and oxygen atoms in total. The Morgan fingerprint density at radius 1 is 1.10 bits per heavy atom. The Morgan fingerprint density at radius 3 is 2.68 bits per heavy atom. The summed E-state index contributed by atoms with van der Waals surface area (Å²) < 4.78 is 5.41. The van der Waals surface area contributed by atoms with Crippen molar-refractivity contribution in [1.29, 1.82) is 0 Å². The second kappa shape index (κ2) is 8.54. The van der Waals surface area contributed by atoms with E-state index in [0.29, 0.717) is 5.91 Å². The van der Waals surface area contributed by atoms with Crippen LogP contribution in [0.2, 0.25) is 0 Å². The number of benzene rings is 2. The summed E-state index contributed by atoms with van der Waals surface area (Å²) in [5.74, 6) is 1.57. The van der Waals surface area contributed by atoms with Gasteiger partial charge in [-0.25, -0.2) is 0 Å². The van der Waals surface area contributed by atoms with Crippen molar-refractivity contribution in [3.63, 3.8) is 0 Å². The quantitative estimate of drug-likeness (QED) is 0.758. The molecule has 3 atom stereocenters. The lowest BCUT2D eigenvalue weighted by Gasteiger charge is -2.40. The van der Waals surface area contributed by atoms with Crippen LogP contribution in [0, 0.1) is 11.8 Å². The van der Waals surface area contributed by atoms with E-state index in [2.05, 4.69) is 34.5 Å². The van der Waals surface area contributed by atoms with Gasteiger partial charge in [-0.3, -0.25) is 4.79 Å². The molecule has 5 rings (SSSR count). The average Bonchev–Trinajstić information content (AvgIpc) is 3.29. The number of carbonyl (C=O) groups excluding carboxylic acids is 1. The van der Waals surface area contributed by atoms with E-state index in [1.807, 2.05) is 18.2 Å². The first-order chi connectivity index (χ1) is 15.2. The van der Waals surface area contributed by atoms with Crippen LogP contribution in [0.25, 0.3) is 11.1 Å². The standard InChI is InChI=1S/C26H32N2O3/c1-31-20-9-5-8-18(14-20)19-10-11-23-22(15-19)25-21(24(16-29)27-23)12-13-28(25)26(30)17-6-3-2-4-7-17/h5,8-11,14-15,17,21,24-25,27,29H,2-4,6-7,12-13,16H2,1H3/t21-,24+,25-/m1/s1. The topological polar surface area (TPSA) is 61.8 Å². The molecule has 31 heavy (non-hydrogen) atoms. The molecule has 0 aromatic heterocycles. The maximum absolute atomic E-state index is 13.5. The Hall–Kier alpha value is -2.53. The number of nitrogens with zero attached hydrogens (tertiary/aromatic N) is 1. The van der Waals surface area contributed by atoms with Crippen LogP contribution in [0.1, 0.15) is 50.1 Å². The summed E-state index contributed by atoms with van der Waals surface area (Å²) in [4.78, 5) is 15.7. The Bertz CT molecular complexity index is 953. The summed E-state index contributed by atoms with van der Waals surface area (Å²) in [7, 11) is 1.68. The van der Waals surface area contributed by atoms with Gasteiger partial charge in [0.2, 0.25) is 5.91 Å². The first kappa shape index (κ1) is 20.4. The molecule has 1 saturated carbocycles. The number of anilines is 1. The van der Waals surface area contributed by atoms with Crippen molar-refractivity contribution in [2.45, 2.75) is 50.6 Å². The van der Waals surface area contributed by atoms with Gasteiger partial charge < -0.3 is 20.1 Å². The molecule has 0 radical (unpaired) electrons. The van der Waals surface area contributed by atoms with Crippen molar-refractivity contribution in [3.05, 3.63) is 48.0 Å². The number of aliphatic hydroxyl groups is 1. The van der Waals surface area contributed by atoms with Crippen molar-refractivity contribution in [3.8, 4) is 16.9 Å². The van der Waals surface area contributed by atoms with Gasteiger partial charge in [0.25, 0.3) is 0 Å². The van der Waals surface area contributed by atoms with E-state index in [1.54, 1.807) is 7.11 Å². The summed E-state index contributed by atoms with van der Waals surface area (Å²) in [5.41, 5.74) is 4.44. The van der Waals surface area contributed by atoms with Gasteiger partial charge in [0.15, 0.2) is 0 Å². The van der Waals surface area contributed by atoms with Crippen LogP contribution in [-0.2, 0) is 4.79 Å². The summed E-state index contributed by atoms with van der Waals surface area (Å²) in [6, 6.07) is 14.6. The summed E-state index contributed by atoms with van der Waals surface area (Å²) in [6.07, 6.45) is 6.55. The van der Waals surface area contributed by atoms with Crippen LogP contribution in [0.3, 0.4) is 0 Å². The van der Waals surface area contributed by atoms with Crippen LogP contribution in [-0.4, -0.2) is 42.2 Å². The van der Waals surface area contributed by atoms with Gasteiger partial charge in [-0.2, -0.15) is 0 Å². The summed E-state index contributed by atoms with van der Waals surface area (Å²) in [6.45, 7) is 0.870. The predicted octanol–water partition coefficient (Wildman–Crippen LogP) is 4.62. The van der Waals surface area contributed by atoms with Crippen molar-refractivity contribution in [2.75, 3.05) is 25.6 Å². The first-order valence-corrected chi connectivity index (χ1v) is 11.7. The van der Waals surface area contributed by atoms with E-state index in [4.69, 9.17) is 4.74 Å². The number of ether oxygens (including phenoxy) is 1. The smallest absolute Gasteiger partial charge is 0.226 e. The molecular formula is C26H32N2O3. The zero-order chi connectivity index (χ0) is 21.4. The Kier molecular flexibility index (Phi) is 5.61. The Balaban J connectivity index is 1.52. The highest BCUT2D eigenvalue weighted by Crippen LogP contribution is 2.48. The number of nitrogens with one attached hydrogen (secondary N) is 1. The molecule has 2 aromatic rings. The minimum Gasteiger partial charge on any atom is -0.497 e. The number of likely N-dealkylation sites (tertiary alicyclic amines) is 1. The van der Waals surface area contributed by atoms with Crippen molar-refractivity contribution in [2.24, 2.45) is 11.8 Å². The molecule has 1 aliphatic carbocycles. The SMILES string of the molecule is COc1cccc(-c2ccc3c(c2)[C@H]2[C@H](CCN2C(=O)C2CCCCC2)[C@H](CO)N3)c1. The molecule has 2 aromatic carbocycles. The molecule has 2 fully saturated rings. The number of rotatable bonds is 4. The highest BCUT2D eigenvalue weighted by molar-refractivity contribution is 5.81. The molecular weight excluding hydrogens is 388 g/mol. The Labute approximate surface area is 184 Å². The van der Waals surface area contributed by atoms with Crippen molar-refractivity contribution >= 4 is 11.6 Å². The van der Waals surface area contributed by atoms with Crippen LogP contribution < -0.4 is 10.1 Å². The third-order valence-corrected chi connectivity index (χ3v) is 7.51. The number of hydrogen-bond donors (Lipinski definition) is 2. The van der Waals surface area contributed by atoms with E-state index in [-0.39, 0.29) is 30.5 Å². The third-order valence-electron chi connectivity index (χ3n) is 7.51. The summed E-state index contributed by atoms with van der Waals surface area (Å²) >= 11 is 0. The number of methoxy groups -OCH3 is 1. The second-order valence-corrected chi connectivity index (χ2v) is 9.23. The van der Waals surface area contributed by atoms with Crippen LogP contribution in [0.15, 0.2) is 42.5 Å². The molecule has 1 saturated heterocycles. The van der Waals surface area contributed by atoms with Gasteiger partial charge >= 0.3 is 0 Å². The fraction of sp³-hybridized carbons (Fsp3) is 0.500. The normalized spacial score (nSPS) is 25.5. The lowest BCUT2D eigenvalue weighted by Crippen LogP contribution is -2.44. The molecule has 3 aliphatic rings. The third kappa shape index (κ3) is 3.69. The molecule has 0 spiro atoms. The van der Waals surface area contributed by atoms with Gasteiger partial charge in [-0.15, -0.1) is 0 Å². The molecule has 2 heterocycles. The number of hydrogen-bond acceptors (Lipinski definition) is 4. The van der Waals surface area contributed by atoms with Gasteiger partial charge in [-0.1, -0.05) is 37.5 Å². The molecule has 5 heteroatoms. The van der Waals surface area contributed by atoms with E-state index in [9.17, 15) is 9.90 Å². The maximum atomic E-state index is 13.5. The van der Waals surface area contributed by atoms with Gasteiger partial charge in [0, 0.05) is 24.1 Å². The molecule has 0 unspecified atom stereocenters. The lowest BCUT2D eigenvalue weighted by molar-refractivity contribution is -0.138. The van der Waals surface area contributed by atoms with Crippen LogP contribution >= 0.6 is 0 Å². The zero-order valence-electron chi connectivity index (χ0n) is 18.2. The van der Waals surface area contributed by atoms with Gasteiger partial charge in [0.1, 0.15) is 5.75 Å². The zero-order valence-corrected chi connectivity index (χ0v) is 18.2. The van der Waals surface area contributed by atoms with Crippen LogP contribution in [0.4, 0.5) is 5.69 Å². The van der Waals surface area contributed by atoms with Crippen molar-refractivity contribution < 1.29 is 14.6 Å². The predicted molar refractivity (Wildman–Crippen MR) is 122 cm³/mol. The van der Waals surface area contributed by atoms with E-state index in [0.717, 1.165) is 61.2 Å². The van der Waals surface area contributed by atoms with E-state index in [1.165, 1.54) is 12.0 Å². The monoisotopic (exact) mass is 420 g/mol. The fourth-order valence-electron chi connectivity index (χ4n) is 5.88. The van der Waals surface area contributed by atoms with E-state index >= 15 is 0 Å². The minimum atomic E-state index is -0.00988.